The molecule has 1 amide bonds. The Hall–Kier alpha value is -3.28. The molecule has 1 aliphatic rings. The highest BCUT2D eigenvalue weighted by atomic mass is 16.7. The third-order valence-corrected chi connectivity index (χ3v) is 4.37. The normalized spacial score (nSPS) is 13.2. The molecule has 0 aliphatic carbocycles. The Morgan fingerprint density at radius 3 is 2.36 bits per heavy atom. The van der Waals surface area contributed by atoms with Gasteiger partial charge in [-0.1, -0.05) is 39.0 Å². The lowest BCUT2D eigenvalue weighted by Gasteiger charge is -2.19. The average Bonchev–Trinajstić information content (AvgIpc) is 3.14. The van der Waals surface area contributed by atoms with Crippen LogP contribution in [0.5, 0.6) is 11.5 Å². The number of fused-ring (bicyclic) bond motifs is 1. The molecule has 0 unspecified atom stereocenters. The van der Waals surface area contributed by atoms with Crippen LogP contribution in [0, 0.1) is 0 Å². The molecule has 0 saturated heterocycles. The fourth-order valence-electron chi connectivity index (χ4n) is 2.74. The molecule has 3 rings (SSSR count). The molecule has 6 heteroatoms. The molecule has 0 radical (unpaired) electrons. The fourth-order valence-corrected chi connectivity index (χ4v) is 2.74. The summed E-state index contributed by atoms with van der Waals surface area (Å²) >= 11 is 0. The van der Waals surface area contributed by atoms with E-state index in [2.05, 4.69) is 26.1 Å². The zero-order valence-corrected chi connectivity index (χ0v) is 16.4. The monoisotopic (exact) mass is 381 g/mol. The van der Waals surface area contributed by atoms with Gasteiger partial charge < -0.3 is 19.5 Å². The maximum absolute atomic E-state index is 12.6. The first-order chi connectivity index (χ1) is 13.3. The highest BCUT2D eigenvalue weighted by Crippen LogP contribution is 2.33. The van der Waals surface area contributed by atoms with E-state index in [1.54, 1.807) is 30.3 Å². The molecule has 1 aliphatic heterocycles. The minimum absolute atomic E-state index is 0.00849. The van der Waals surface area contributed by atoms with E-state index in [-0.39, 0.29) is 17.9 Å². The number of hydrogen-bond donors (Lipinski definition) is 1. The van der Waals surface area contributed by atoms with Crippen molar-refractivity contribution in [3.05, 3.63) is 64.9 Å². The third-order valence-electron chi connectivity index (χ3n) is 4.37. The number of rotatable bonds is 4. The Bertz CT molecular complexity index is 923. The van der Waals surface area contributed by atoms with Gasteiger partial charge in [0, 0.05) is 5.56 Å². The summed E-state index contributed by atoms with van der Waals surface area (Å²) in [5.41, 5.74) is 2.27. The standard InChI is InChI=1S/C22H23NO5/c1-22(2,3)16-8-6-15(7-9-16)20(24)23-17(21(25)26-4)11-14-5-10-18-19(12-14)28-13-27-18/h5-12H,13H2,1-4H3,(H,23,24). The number of esters is 1. The van der Waals surface area contributed by atoms with Crippen molar-refractivity contribution >= 4 is 18.0 Å². The molecule has 0 atom stereocenters. The second-order valence-corrected chi connectivity index (χ2v) is 7.44. The van der Waals surface area contributed by atoms with E-state index >= 15 is 0 Å². The Labute approximate surface area is 164 Å². The molecule has 1 N–H and O–H groups in total. The number of benzene rings is 2. The van der Waals surface area contributed by atoms with Crippen LogP contribution in [0.25, 0.3) is 6.08 Å². The molecule has 28 heavy (non-hydrogen) atoms. The van der Waals surface area contributed by atoms with Crippen LogP contribution in [0.1, 0.15) is 42.3 Å². The summed E-state index contributed by atoms with van der Waals surface area (Å²) in [5, 5.41) is 2.63. The van der Waals surface area contributed by atoms with Crippen LogP contribution in [-0.4, -0.2) is 25.8 Å². The zero-order valence-electron chi connectivity index (χ0n) is 16.4. The van der Waals surface area contributed by atoms with Crippen molar-refractivity contribution < 1.29 is 23.8 Å². The van der Waals surface area contributed by atoms with Crippen LogP contribution in [0.15, 0.2) is 48.2 Å². The quantitative estimate of drug-likeness (QED) is 0.646. The molecule has 6 nitrogen and oxygen atoms in total. The van der Waals surface area contributed by atoms with Crippen LogP contribution in [-0.2, 0) is 14.9 Å². The highest BCUT2D eigenvalue weighted by Gasteiger charge is 2.18. The van der Waals surface area contributed by atoms with Gasteiger partial charge in [-0.3, -0.25) is 4.79 Å². The van der Waals surface area contributed by atoms with Gasteiger partial charge >= 0.3 is 5.97 Å². The second-order valence-electron chi connectivity index (χ2n) is 7.44. The van der Waals surface area contributed by atoms with Gasteiger partial charge in [0.1, 0.15) is 5.70 Å². The number of nitrogens with one attached hydrogen (secondary N) is 1. The van der Waals surface area contributed by atoms with E-state index in [1.807, 2.05) is 12.1 Å². The molecular weight excluding hydrogens is 358 g/mol. The van der Waals surface area contributed by atoms with E-state index in [1.165, 1.54) is 13.2 Å². The lowest BCUT2D eigenvalue weighted by molar-refractivity contribution is -0.136. The summed E-state index contributed by atoms with van der Waals surface area (Å²) < 4.78 is 15.4. The molecular formula is C22H23NO5. The fraction of sp³-hybridized carbons (Fsp3) is 0.273. The molecule has 2 aromatic rings. The predicted molar refractivity (Wildman–Crippen MR) is 105 cm³/mol. The van der Waals surface area contributed by atoms with Crippen LogP contribution in [0.4, 0.5) is 0 Å². The van der Waals surface area contributed by atoms with Crippen molar-refractivity contribution in [2.45, 2.75) is 26.2 Å². The Morgan fingerprint density at radius 2 is 1.71 bits per heavy atom. The van der Waals surface area contributed by atoms with Gasteiger partial charge in [-0.15, -0.1) is 0 Å². The first-order valence-corrected chi connectivity index (χ1v) is 8.89. The van der Waals surface area contributed by atoms with Gasteiger partial charge in [0.05, 0.1) is 7.11 Å². The Balaban J connectivity index is 1.82. The van der Waals surface area contributed by atoms with E-state index in [0.717, 1.165) is 5.56 Å². The predicted octanol–water partition coefficient (Wildman–Crippen LogP) is 3.66. The maximum atomic E-state index is 12.6. The second kappa shape index (κ2) is 7.76. The number of carbonyl (C=O) groups excluding carboxylic acids is 2. The number of carbonyl (C=O) groups is 2. The molecule has 0 aromatic heterocycles. The van der Waals surface area contributed by atoms with E-state index in [4.69, 9.17) is 14.2 Å². The minimum Gasteiger partial charge on any atom is -0.464 e. The molecule has 146 valence electrons. The third kappa shape index (κ3) is 4.34. The van der Waals surface area contributed by atoms with Gasteiger partial charge in [-0.2, -0.15) is 0 Å². The number of ether oxygens (including phenoxy) is 3. The van der Waals surface area contributed by atoms with Crippen molar-refractivity contribution in [1.82, 2.24) is 5.32 Å². The lowest BCUT2D eigenvalue weighted by atomic mass is 9.87. The first-order valence-electron chi connectivity index (χ1n) is 8.89. The average molecular weight is 381 g/mol. The number of methoxy groups -OCH3 is 1. The Morgan fingerprint density at radius 1 is 1.04 bits per heavy atom. The lowest BCUT2D eigenvalue weighted by Crippen LogP contribution is -2.28. The molecule has 0 spiro atoms. The summed E-state index contributed by atoms with van der Waals surface area (Å²) in [5.74, 6) is 0.192. The summed E-state index contributed by atoms with van der Waals surface area (Å²) in [7, 11) is 1.26. The van der Waals surface area contributed by atoms with E-state index in [0.29, 0.717) is 22.6 Å². The van der Waals surface area contributed by atoms with Crippen molar-refractivity contribution in [1.29, 1.82) is 0 Å². The Kier molecular flexibility index (Phi) is 5.40. The van der Waals surface area contributed by atoms with Gasteiger partial charge in [-0.05, 0) is 46.9 Å². The van der Waals surface area contributed by atoms with Gasteiger partial charge in [0.15, 0.2) is 11.5 Å². The molecule has 0 saturated carbocycles. The van der Waals surface area contributed by atoms with Crippen LogP contribution >= 0.6 is 0 Å². The van der Waals surface area contributed by atoms with Crippen LogP contribution in [0.2, 0.25) is 0 Å². The van der Waals surface area contributed by atoms with Gasteiger partial charge in [0.25, 0.3) is 5.91 Å². The number of amides is 1. The summed E-state index contributed by atoms with van der Waals surface area (Å²) in [6.45, 7) is 6.47. The maximum Gasteiger partial charge on any atom is 0.354 e. The molecule has 0 bridgehead atoms. The largest absolute Gasteiger partial charge is 0.464 e. The van der Waals surface area contributed by atoms with Crippen LogP contribution in [0.3, 0.4) is 0 Å². The van der Waals surface area contributed by atoms with Gasteiger partial charge in [-0.25, -0.2) is 4.79 Å². The van der Waals surface area contributed by atoms with Crippen molar-refractivity contribution in [3.8, 4) is 11.5 Å². The van der Waals surface area contributed by atoms with E-state index in [9.17, 15) is 9.59 Å². The summed E-state index contributed by atoms with van der Waals surface area (Å²) in [6, 6.07) is 12.5. The van der Waals surface area contributed by atoms with Crippen molar-refractivity contribution in [3.63, 3.8) is 0 Å². The topological polar surface area (TPSA) is 73.9 Å². The molecule has 1 heterocycles. The van der Waals surface area contributed by atoms with Gasteiger partial charge in [0.2, 0.25) is 6.79 Å². The first kappa shape index (κ1) is 19.5. The van der Waals surface area contributed by atoms with Crippen molar-refractivity contribution in [2.75, 3.05) is 13.9 Å². The molecule has 0 fully saturated rings. The highest BCUT2D eigenvalue weighted by molar-refractivity contribution is 6.03. The minimum atomic E-state index is -0.641. The zero-order chi connectivity index (χ0) is 20.3. The SMILES string of the molecule is COC(=O)C(=Cc1ccc2c(c1)OCO2)NC(=O)c1ccc(C(C)(C)C)cc1. The van der Waals surface area contributed by atoms with E-state index < -0.39 is 11.9 Å². The number of hydrogen-bond acceptors (Lipinski definition) is 5. The van der Waals surface area contributed by atoms with Crippen molar-refractivity contribution in [2.24, 2.45) is 0 Å². The molecule has 2 aromatic carbocycles. The van der Waals surface area contributed by atoms with Crippen LogP contribution < -0.4 is 14.8 Å². The summed E-state index contributed by atoms with van der Waals surface area (Å²) in [6.07, 6.45) is 1.54. The smallest absolute Gasteiger partial charge is 0.354 e. The summed E-state index contributed by atoms with van der Waals surface area (Å²) in [4.78, 5) is 24.8.